The molecule has 1 aromatic heterocycles. The van der Waals surface area contributed by atoms with Crippen LogP contribution in [0.2, 0.25) is 0 Å². The van der Waals surface area contributed by atoms with Crippen molar-refractivity contribution in [2.24, 2.45) is 4.99 Å². The molecule has 3 nitrogen and oxygen atoms in total. The van der Waals surface area contributed by atoms with E-state index in [9.17, 15) is 0 Å². The van der Waals surface area contributed by atoms with Gasteiger partial charge in [0.2, 0.25) is 0 Å². The van der Waals surface area contributed by atoms with E-state index >= 15 is 0 Å². The van der Waals surface area contributed by atoms with Gasteiger partial charge in [-0.1, -0.05) is 49.1 Å². The molecule has 2 aromatic rings. The summed E-state index contributed by atoms with van der Waals surface area (Å²) in [6.45, 7) is 3.48. The van der Waals surface area contributed by atoms with Crippen LogP contribution in [0.1, 0.15) is 0 Å². The molecule has 2 rings (SSSR count). The van der Waals surface area contributed by atoms with Crippen molar-refractivity contribution in [2.75, 3.05) is 7.05 Å². The van der Waals surface area contributed by atoms with Gasteiger partial charge in [-0.15, -0.1) is 0 Å². The number of aliphatic imine (C=N–C) groups is 1. The highest BCUT2D eigenvalue weighted by Crippen LogP contribution is 2.13. The lowest BCUT2D eigenvalue weighted by Gasteiger charge is -1.93. The van der Waals surface area contributed by atoms with E-state index in [-0.39, 0.29) is 0 Å². The number of rotatable bonds is 3. The number of aromatic nitrogens is 2. The zero-order chi connectivity index (χ0) is 13.1. The Morgan fingerprint density at radius 2 is 1.94 bits per heavy atom. The van der Waals surface area contributed by atoms with Crippen LogP contribution in [0.4, 0.5) is 0 Å². The molecule has 0 fully saturated rings. The topological polar surface area (TPSA) is 41.0 Å². The Bertz CT molecular complexity index is 482. The molecule has 0 saturated heterocycles. The molecule has 0 atom stereocenters. The minimum absolute atomic E-state index is 1.06. The molecular weight excluding hydrogens is 222 g/mol. The van der Waals surface area contributed by atoms with Gasteiger partial charge in [0.25, 0.3) is 0 Å². The first-order chi connectivity index (χ1) is 8.88. The van der Waals surface area contributed by atoms with Crippen LogP contribution in [0.3, 0.4) is 0 Å². The molecule has 3 heteroatoms. The van der Waals surface area contributed by atoms with E-state index in [2.05, 4.69) is 21.8 Å². The van der Waals surface area contributed by atoms with Gasteiger partial charge in [0.1, 0.15) is 0 Å². The summed E-state index contributed by atoms with van der Waals surface area (Å²) in [4.78, 5) is 3.71. The summed E-state index contributed by atoms with van der Waals surface area (Å²) in [7, 11) is 1.73. The maximum Gasteiger partial charge on any atom is 0.0650 e. The Morgan fingerprint density at radius 3 is 2.50 bits per heavy atom. The highest BCUT2D eigenvalue weighted by atomic mass is 15.1. The van der Waals surface area contributed by atoms with E-state index in [0.717, 1.165) is 5.69 Å². The molecule has 0 unspecified atom stereocenters. The first kappa shape index (κ1) is 13.6. The van der Waals surface area contributed by atoms with E-state index in [1.165, 1.54) is 5.56 Å². The zero-order valence-corrected chi connectivity index (χ0v) is 10.5. The van der Waals surface area contributed by atoms with Gasteiger partial charge in [0.15, 0.2) is 0 Å². The molecule has 0 saturated carbocycles. The van der Waals surface area contributed by atoms with Gasteiger partial charge in [0, 0.05) is 19.5 Å². The largest absolute Gasteiger partial charge is 0.297 e. The highest BCUT2D eigenvalue weighted by Gasteiger charge is 1.94. The second kappa shape index (κ2) is 8.70. The SMILES string of the molecule is C=C/C=C\C=NC.c1ccc(-c2ccn[nH]2)cc1. The van der Waals surface area contributed by atoms with E-state index < -0.39 is 0 Å². The maximum absolute atomic E-state index is 3.87. The van der Waals surface area contributed by atoms with Gasteiger partial charge in [-0.3, -0.25) is 10.1 Å². The number of aromatic amines is 1. The van der Waals surface area contributed by atoms with Crippen LogP contribution in [0, 0.1) is 0 Å². The Labute approximate surface area is 108 Å². The van der Waals surface area contributed by atoms with Crippen molar-refractivity contribution in [2.45, 2.75) is 0 Å². The molecular formula is C15H17N3. The van der Waals surface area contributed by atoms with Crippen LogP contribution in [0.15, 0.2) is 72.4 Å². The predicted octanol–water partition coefficient (Wildman–Crippen LogP) is 3.51. The van der Waals surface area contributed by atoms with Gasteiger partial charge in [0.05, 0.1) is 5.69 Å². The molecule has 1 heterocycles. The van der Waals surface area contributed by atoms with Crippen LogP contribution in [0.25, 0.3) is 11.3 Å². The van der Waals surface area contributed by atoms with Crippen molar-refractivity contribution < 1.29 is 0 Å². The van der Waals surface area contributed by atoms with Crippen LogP contribution >= 0.6 is 0 Å². The molecule has 0 radical (unpaired) electrons. The number of nitrogens with one attached hydrogen (secondary N) is 1. The standard InChI is InChI=1S/C9H8N2.C6H9N/c1-2-4-8(5-3-1)9-6-7-10-11-9;1-3-4-5-6-7-2/h1-7H,(H,10,11);3-6H,1H2,2H3/b;5-4-,7-6?. The Morgan fingerprint density at radius 1 is 1.17 bits per heavy atom. The summed E-state index contributed by atoms with van der Waals surface area (Å²) in [5.74, 6) is 0. The van der Waals surface area contributed by atoms with E-state index in [0.29, 0.717) is 0 Å². The third-order valence-electron chi connectivity index (χ3n) is 2.07. The van der Waals surface area contributed by atoms with Crippen LogP contribution in [-0.4, -0.2) is 23.5 Å². The molecule has 1 N–H and O–H groups in total. The van der Waals surface area contributed by atoms with Crippen molar-refractivity contribution in [3.63, 3.8) is 0 Å². The highest BCUT2D eigenvalue weighted by molar-refractivity contribution is 5.71. The number of allylic oxidation sites excluding steroid dienone is 3. The molecule has 0 amide bonds. The van der Waals surface area contributed by atoms with E-state index in [4.69, 9.17) is 0 Å². The number of hydrogen-bond donors (Lipinski definition) is 1. The second-order valence-corrected chi connectivity index (χ2v) is 3.36. The summed E-state index contributed by atoms with van der Waals surface area (Å²) in [6.07, 6.45) is 8.83. The summed E-state index contributed by atoms with van der Waals surface area (Å²) in [6, 6.07) is 12.1. The summed E-state index contributed by atoms with van der Waals surface area (Å²) >= 11 is 0. The van der Waals surface area contributed by atoms with Gasteiger partial charge in [-0.2, -0.15) is 5.10 Å². The van der Waals surface area contributed by atoms with Crippen molar-refractivity contribution in [1.29, 1.82) is 0 Å². The number of nitrogens with zero attached hydrogens (tertiary/aromatic N) is 2. The van der Waals surface area contributed by atoms with Crippen LogP contribution < -0.4 is 0 Å². The average molecular weight is 239 g/mol. The average Bonchev–Trinajstić information content (AvgIpc) is 2.95. The minimum atomic E-state index is 1.06. The third-order valence-corrected chi connectivity index (χ3v) is 2.07. The first-order valence-corrected chi connectivity index (χ1v) is 5.63. The fourth-order valence-electron chi connectivity index (χ4n) is 1.25. The van der Waals surface area contributed by atoms with E-state index in [1.807, 2.05) is 48.6 Å². The van der Waals surface area contributed by atoms with Gasteiger partial charge in [-0.25, -0.2) is 0 Å². The molecule has 0 aliphatic heterocycles. The Balaban J connectivity index is 0.000000203. The minimum Gasteiger partial charge on any atom is -0.297 e. The number of hydrogen-bond acceptors (Lipinski definition) is 2. The van der Waals surface area contributed by atoms with Crippen molar-refractivity contribution >= 4 is 6.21 Å². The lowest BCUT2D eigenvalue weighted by atomic mass is 10.2. The molecule has 1 aromatic carbocycles. The number of benzene rings is 1. The van der Waals surface area contributed by atoms with Crippen molar-refractivity contribution in [1.82, 2.24) is 10.2 Å². The van der Waals surface area contributed by atoms with Crippen molar-refractivity contribution in [3.8, 4) is 11.3 Å². The Hall–Kier alpha value is -2.42. The lowest BCUT2D eigenvalue weighted by molar-refractivity contribution is 1.10. The molecule has 0 aliphatic rings. The molecule has 92 valence electrons. The number of H-pyrrole nitrogens is 1. The lowest BCUT2D eigenvalue weighted by Crippen LogP contribution is -1.75. The van der Waals surface area contributed by atoms with Crippen molar-refractivity contribution in [3.05, 3.63) is 67.4 Å². The molecule has 0 aliphatic carbocycles. The fourth-order valence-corrected chi connectivity index (χ4v) is 1.25. The Kier molecular flexibility index (Phi) is 6.59. The fraction of sp³-hybridized carbons (Fsp3) is 0.0667. The molecule has 0 bridgehead atoms. The van der Waals surface area contributed by atoms with Gasteiger partial charge >= 0.3 is 0 Å². The molecule has 0 spiro atoms. The van der Waals surface area contributed by atoms with Gasteiger partial charge < -0.3 is 0 Å². The zero-order valence-electron chi connectivity index (χ0n) is 10.5. The smallest absolute Gasteiger partial charge is 0.0650 e. The maximum atomic E-state index is 3.87. The third kappa shape index (κ3) is 5.07. The summed E-state index contributed by atoms with van der Waals surface area (Å²) < 4.78 is 0. The van der Waals surface area contributed by atoms with Gasteiger partial charge in [-0.05, 0) is 17.7 Å². The quantitative estimate of drug-likeness (QED) is 0.646. The summed E-state index contributed by atoms with van der Waals surface area (Å²) in [5.41, 5.74) is 2.23. The normalized spacial score (nSPS) is 10.3. The predicted molar refractivity (Wildman–Crippen MR) is 77.8 cm³/mol. The second-order valence-electron chi connectivity index (χ2n) is 3.36. The summed E-state index contributed by atoms with van der Waals surface area (Å²) in [5, 5.41) is 6.78. The van der Waals surface area contributed by atoms with Crippen LogP contribution in [-0.2, 0) is 0 Å². The van der Waals surface area contributed by atoms with Crippen LogP contribution in [0.5, 0.6) is 0 Å². The van der Waals surface area contributed by atoms with E-state index in [1.54, 1.807) is 25.5 Å². The molecule has 18 heavy (non-hydrogen) atoms. The monoisotopic (exact) mass is 239 g/mol. The first-order valence-electron chi connectivity index (χ1n) is 5.63.